The van der Waals surface area contributed by atoms with Crippen molar-refractivity contribution in [1.29, 1.82) is 0 Å². The van der Waals surface area contributed by atoms with Crippen LogP contribution >= 0.6 is 11.8 Å². The van der Waals surface area contributed by atoms with Gasteiger partial charge < -0.3 is 4.74 Å². The van der Waals surface area contributed by atoms with Crippen molar-refractivity contribution in [1.82, 2.24) is 15.4 Å². The van der Waals surface area contributed by atoms with Crippen molar-refractivity contribution in [3.63, 3.8) is 0 Å². The summed E-state index contributed by atoms with van der Waals surface area (Å²) >= 11 is 1.29. The maximum Gasteiger partial charge on any atom is 0.250 e. The Balaban J connectivity index is 1.73. The summed E-state index contributed by atoms with van der Waals surface area (Å²) in [5.74, 6) is 0.858. The molecule has 1 N–H and O–H groups in total. The molecule has 0 unspecified atom stereocenters. The third-order valence-corrected chi connectivity index (χ3v) is 4.44. The molecule has 2 aromatic rings. The molecule has 0 saturated heterocycles. The van der Waals surface area contributed by atoms with Crippen molar-refractivity contribution < 1.29 is 9.53 Å². The number of hydrazone groups is 1. The lowest BCUT2D eigenvalue weighted by Crippen LogP contribution is -2.19. The maximum absolute atomic E-state index is 11.9. The first kappa shape index (κ1) is 20.9. The number of nitrogens with one attached hydrogen (secondary N) is 1. The van der Waals surface area contributed by atoms with Crippen molar-refractivity contribution in [2.24, 2.45) is 5.10 Å². The molecule has 27 heavy (non-hydrogen) atoms. The number of unbranched alkanes of at least 4 members (excludes halogenated alkanes) is 2. The topological polar surface area (TPSA) is 76.5 Å². The zero-order valence-electron chi connectivity index (χ0n) is 16.1. The highest BCUT2D eigenvalue weighted by Crippen LogP contribution is 2.14. The average molecular weight is 387 g/mol. The summed E-state index contributed by atoms with van der Waals surface area (Å²) < 4.78 is 5.67. The lowest BCUT2D eigenvalue weighted by Gasteiger charge is -2.05. The molecule has 0 aliphatic heterocycles. The predicted octanol–water partition coefficient (Wildman–Crippen LogP) is 3.90. The molecule has 0 aliphatic rings. The second-order valence-corrected chi connectivity index (χ2v) is 7.08. The van der Waals surface area contributed by atoms with Crippen LogP contribution < -0.4 is 10.2 Å². The third kappa shape index (κ3) is 8.21. The van der Waals surface area contributed by atoms with Crippen molar-refractivity contribution in [2.45, 2.75) is 45.2 Å². The fourth-order valence-corrected chi connectivity index (χ4v) is 3.03. The number of amides is 1. The standard InChI is InChI=1S/C20H26N4O2S/c1-4-5-6-11-26-18-9-7-17(8-10-18)13-21-24-19(25)14-27-20-22-15(2)12-16(3)23-20/h7-10,12-13H,4-6,11,14H2,1-3H3,(H,24,25). The van der Waals surface area contributed by atoms with Gasteiger partial charge in [0.1, 0.15) is 5.75 Å². The van der Waals surface area contributed by atoms with E-state index in [0.717, 1.165) is 35.7 Å². The van der Waals surface area contributed by atoms with Crippen LogP contribution in [0.5, 0.6) is 5.75 Å². The summed E-state index contributed by atoms with van der Waals surface area (Å²) in [4.78, 5) is 20.5. The van der Waals surface area contributed by atoms with Crippen molar-refractivity contribution in [3.8, 4) is 5.75 Å². The van der Waals surface area contributed by atoms with Gasteiger partial charge in [-0.15, -0.1) is 0 Å². The molecule has 6 nitrogen and oxygen atoms in total. The highest BCUT2D eigenvalue weighted by Gasteiger charge is 2.05. The van der Waals surface area contributed by atoms with Crippen molar-refractivity contribution in [2.75, 3.05) is 12.4 Å². The predicted molar refractivity (Wildman–Crippen MR) is 109 cm³/mol. The largest absolute Gasteiger partial charge is 0.494 e. The van der Waals surface area contributed by atoms with Crippen LogP contribution in [-0.4, -0.2) is 34.4 Å². The SMILES string of the molecule is CCCCCOc1ccc(C=NNC(=O)CSc2nc(C)cc(C)n2)cc1. The summed E-state index contributed by atoms with van der Waals surface area (Å²) in [6.45, 7) is 6.72. The zero-order valence-corrected chi connectivity index (χ0v) is 16.9. The number of hydrogen-bond acceptors (Lipinski definition) is 6. The normalized spacial score (nSPS) is 10.9. The van der Waals surface area contributed by atoms with Crippen LogP contribution in [0.2, 0.25) is 0 Å². The molecule has 0 atom stereocenters. The summed E-state index contributed by atoms with van der Waals surface area (Å²) in [7, 11) is 0. The quantitative estimate of drug-likeness (QED) is 0.220. The number of thioether (sulfide) groups is 1. The van der Waals surface area contributed by atoms with Gasteiger partial charge >= 0.3 is 0 Å². The van der Waals surface area contributed by atoms with Crippen LogP contribution in [0.25, 0.3) is 0 Å². The number of rotatable bonds is 10. The van der Waals surface area contributed by atoms with Crippen LogP contribution in [-0.2, 0) is 4.79 Å². The van der Waals surface area contributed by atoms with Gasteiger partial charge in [0.25, 0.3) is 5.91 Å². The fourth-order valence-electron chi connectivity index (χ4n) is 2.29. The van der Waals surface area contributed by atoms with Crippen LogP contribution in [0.15, 0.2) is 40.6 Å². The number of aryl methyl sites for hydroxylation is 2. The van der Waals surface area contributed by atoms with E-state index in [2.05, 4.69) is 27.4 Å². The van der Waals surface area contributed by atoms with Gasteiger partial charge in [0, 0.05) is 11.4 Å². The maximum atomic E-state index is 11.9. The summed E-state index contributed by atoms with van der Waals surface area (Å²) in [6.07, 6.45) is 5.03. The molecule has 0 fully saturated rings. The molecule has 0 spiro atoms. The fraction of sp³-hybridized carbons (Fsp3) is 0.400. The number of nitrogens with zero attached hydrogens (tertiary/aromatic N) is 3. The highest BCUT2D eigenvalue weighted by atomic mass is 32.2. The molecule has 0 radical (unpaired) electrons. The summed E-state index contributed by atoms with van der Waals surface area (Å²) in [6, 6.07) is 9.52. The van der Waals surface area contributed by atoms with Crippen molar-refractivity contribution in [3.05, 3.63) is 47.3 Å². The first-order valence-corrected chi connectivity index (χ1v) is 10.0. The summed E-state index contributed by atoms with van der Waals surface area (Å²) in [5.41, 5.74) is 5.19. The molecule has 1 aromatic heterocycles. The van der Waals surface area contributed by atoms with E-state index in [0.29, 0.717) is 5.16 Å². The zero-order chi connectivity index (χ0) is 19.5. The first-order chi connectivity index (χ1) is 13.1. The number of carbonyl (C=O) groups is 1. The van der Waals surface area contributed by atoms with E-state index in [1.54, 1.807) is 6.21 Å². The van der Waals surface area contributed by atoms with Crippen molar-refractivity contribution >= 4 is 23.9 Å². The van der Waals surface area contributed by atoms with Gasteiger partial charge in [-0.25, -0.2) is 15.4 Å². The van der Waals surface area contributed by atoms with E-state index in [1.165, 1.54) is 24.6 Å². The van der Waals surface area contributed by atoms with Crippen LogP contribution in [0.3, 0.4) is 0 Å². The van der Waals surface area contributed by atoms with E-state index < -0.39 is 0 Å². The van der Waals surface area contributed by atoms with E-state index >= 15 is 0 Å². The smallest absolute Gasteiger partial charge is 0.250 e. The Labute approximate surface area is 164 Å². The monoisotopic (exact) mass is 386 g/mol. The van der Waals surface area contributed by atoms with E-state index in [-0.39, 0.29) is 11.7 Å². The van der Waals surface area contributed by atoms with Crippen LogP contribution in [0.1, 0.15) is 43.1 Å². The Morgan fingerprint density at radius 1 is 1.19 bits per heavy atom. The second-order valence-electron chi connectivity index (χ2n) is 6.14. The summed E-state index contributed by atoms with van der Waals surface area (Å²) in [5, 5.41) is 4.58. The molecule has 2 rings (SSSR count). The van der Waals surface area contributed by atoms with Gasteiger partial charge in [-0.3, -0.25) is 4.79 Å². The number of benzene rings is 1. The Morgan fingerprint density at radius 2 is 1.89 bits per heavy atom. The molecule has 1 heterocycles. The minimum atomic E-state index is -0.199. The van der Waals surface area contributed by atoms with E-state index in [1.807, 2.05) is 44.2 Å². The lowest BCUT2D eigenvalue weighted by molar-refractivity contribution is -0.118. The molecule has 0 aliphatic carbocycles. The Morgan fingerprint density at radius 3 is 2.56 bits per heavy atom. The van der Waals surface area contributed by atoms with Gasteiger partial charge in [-0.05, 0) is 56.2 Å². The van der Waals surface area contributed by atoms with Crippen LogP contribution in [0, 0.1) is 13.8 Å². The van der Waals surface area contributed by atoms with Gasteiger partial charge in [0.2, 0.25) is 0 Å². The molecular formula is C20H26N4O2S. The average Bonchev–Trinajstić information content (AvgIpc) is 2.64. The highest BCUT2D eigenvalue weighted by molar-refractivity contribution is 7.99. The van der Waals surface area contributed by atoms with Gasteiger partial charge in [-0.1, -0.05) is 31.5 Å². The molecule has 1 aromatic carbocycles. The van der Waals surface area contributed by atoms with Gasteiger partial charge in [0.15, 0.2) is 5.16 Å². The van der Waals surface area contributed by atoms with Gasteiger partial charge in [0.05, 0.1) is 18.6 Å². The van der Waals surface area contributed by atoms with Gasteiger partial charge in [-0.2, -0.15) is 5.10 Å². The molecule has 7 heteroatoms. The number of aromatic nitrogens is 2. The minimum absolute atomic E-state index is 0.199. The van der Waals surface area contributed by atoms with E-state index in [9.17, 15) is 4.79 Å². The number of hydrogen-bond donors (Lipinski definition) is 1. The molecule has 1 amide bonds. The molecular weight excluding hydrogens is 360 g/mol. The molecule has 0 saturated carbocycles. The Bertz CT molecular complexity index is 743. The van der Waals surface area contributed by atoms with E-state index in [4.69, 9.17) is 4.74 Å². The third-order valence-electron chi connectivity index (χ3n) is 3.59. The van der Waals surface area contributed by atoms with Crippen LogP contribution in [0.4, 0.5) is 0 Å². The molecule has 0 bridgehead atoms. The molecule has 144 valence electrons. The Kier molecular flexibility index (Phi) is 8.77. The number of ether oxygens (including phenoxy) is 1. The minimum Gasteiger partial charge on any atom is -0.494 e. The Hall–Kier alpha value is -2.41. The number of carbonyl (C=O) groups excluding carboxylic acids is 1. The first-order valence-electron chi connectivity index (χ1n) is 9.06. The lowest BCUT2D eigenvalue weighted by atomic mass is 10.2. The second kappa shape index (κ2) is 11.3.